The maximum Gasteiger partial charge on any atom is 0.265 e. The lowest BCUT2D eigenvalue weighted by molar-refractivity contribution is -0.116. The Kier molecular flexibility index (Phi) is 4.38. The zero-order valence-corrected chi connectivity index (χ0v) is 14.4. The van der Waals surface area contributed by atoms with Crippen LogP contribution in [0.1, 0.15) is 12.0 Å². The third-order valence-corrected chi connectivity index (χ3v) is 5.31. The number of amides is 1. The number of sulfonamides is 1. The molecule has 0 bridgehead atoms. The maximum absolute atomic E-state index is 12.6. The predicted molar refractivity (Wildman–Crippen MR) is 92.2 cm³/mol. The molecule has 0 aliphatic carbocycles. The van der Waals surface area contributed by atoms with E-state index in [-0.39, 0.29) is 16.6 Å². The minimum atomic E-state index is -3.86. The van der Waals surface area contributed by atoms with Crippen LogP contribution in [0.2, 0.25) is 5.02 Å². The van der Waals surface area contributed by atoms with Gasteiger partial charge in [-0.1, -0.05) is 11.6 Å². The highest BCUT2D eigenvalue weighted by Gasteiger charge is 2.21. The van der Waals surface area contributed by atoms with Crippen molar-refractivity contribution in [1.82, 2.24) is 0 Å². The Morgan fingerprint density at radius 1 is 1.17 bits per heavy atom. The van der Waals surface area contributed by atoms with Gasteiger partial charge in [0.2, 0.25) is 5.91 Å². The van der Waals surface area contributed by atoms with E-state index in [4.69, 9.17) is 16.3 Å². The molecule has 8 heteroatoms. The van der Waals surface area contributed by atoms with Gasteiger partial charge in [0.15, 0.2) is 0 Å². The lowest BCUT2D eigenvalue weighted by Crippen LogP contribution is -2.19. The van der Waals surface area contributed by atoms with E-state index < -0.39 is 10.0 Å². The molecule has 0 fully saturated rings. The summed E-state index contributed by atoms with van der Waals surface area (Å²) in [5.74, 6) is 0.164. The number of carbonyl (C=O) groups is 1. The van der Waals surface area contributed by atoms with E-state index in [0.29, 0.717) is 29.2 Å². The zero-order chi connectivity index (χ0) is 17.3. The summed E-state index contributed by atoms with van der Waals surface area (Å²) in [6.07, 6.45) is 0.947. The molecule has 24 heavy (non-hydrogen) atoms. The van der Waals surface area contributed by atoms with Crippen molar-refractivity contribution in [3.8, 4) is 5.75 Å². The van der Waals surface area contributed by atoms with Crippen molar-refractivity contribution in [2.45, 2.75) is 17.7 Å². The molecule has 1 amide bonds. The Morgan fingerprint density at radius 3 is 2.71 bits per heavy atom. The molecule has 0 saturated heterocycles. The Labute approximate surface area is 144 Å². The Bertz CT molecular complexity index is 912. The van der Waals surface area contributed by atoms with Gasteiger partial charge < -0.3 is 10.1 Å². The maximum atomic E-state index is 12.6. The molecule has 0 saturated carbocycles. The second kappa shape index (κ2) is 6.33. The van der Waals surface area contributed by atoms with Crippen LogP contribution in [-0.2, 0) is 21.2 Å². The van der Waals surface area contributed by atoms with Crippen LogP contribution in [0.4, 0.5) is 11.4 Å². The summed E-state index contributed by atoms with van der Waals surface area (Å²) in [6.45, 7) is 0. The minimum Gasteiger partial charge on any atom is -0.495 e. The lowest BCUT2D eigenvalue weighted by atomic mass is 10.0. The van der Waals surface area contributed by atoms with Gasteiger partial charge in [0.25, 0.3) is 10.0 Å². The van der Waals surface area contributed by atoms with Crippen LogP contribution in [-0.4, -0.2) is 21.4 Å². The molecule has 1 heterocycles. The molecular weight excluding hydrogens is 352 g/mol. The third-order valence-electron chi connectivity index (χ3n) is 3.67. The van der Waals surface area contributed by atoms with Gasteiger partial charge in [-0.15, -0.1) is 0 Å². The zero-order valence-electron chi connectivity index (χ0n) is 12.8. The summed E-state index contributed by atoms with van der Waals surface area (Å²) in [7, 11) is -2.47. The molecule has 0 spiro atoms. The SMILES string of the molecule is COc1ccc(Cl)cc1S(=O)(=O)Nc1ccc2c(c1)CCC(=O)N2. The van der Waals surface area contributed by atoms with Crippen molar-refractivity contribution in [3.05, 3.63) is 47.0 Å². The van der Waals surface area contributed by atoms with E-state index in [0.717, 1.165) is 5.56 Å². The number of carbonyl (C=O) groups excluding carboxylic acids is 1. The standard InChI is InChI=1S/C16H15ClN2O4S/c1-23-14-6-3-11(17)9-15(14)24(21,22)19-12-4-5-13-10(8-12)2-7-16(20)18-13/h3-6,8-9,19H,2,7H2,1H3,(H,18,20). The molecule has 1 aliphatic heterocycles. The molecule has 1 aliphatic rings. The molecule has 0 unspecified atom stereocenters. The van der Waals surface area contributed by atoms with Crippen LogP contribution in [0.25, 0.3) is 0 Å². The average molecular weight is 367 g/mol. The molecule has 3 rings (SSSR count). The van der Waals surface area contributed by atoms with Crippen molar-refractivity contribution in [3.63, 3.8) is 0 Å². The van der Waals surface area contributed by atoms with Crippen molar-refractivity contribution in [1.29, 1.82) is 0 Å². The quantitative estimate of drug-likeness (QED) is 0.871. The van der Waals surface area contributed by atoms with E-state index in [9.17, 15) is 13.2 Å². The average Bonchev–Trinajstić information content (AvgIpc) is 2.54. The van der Waals surface area contributed by atoms with Crippen molar-refractivity contribution < 1.29 is 17.9 Å². The summed E-state index contributed by atoms with van der Waals surface area (Å²) in [5.41, 5.74) is 1.99. The number of hydrogen-bond donors (Lipinski definition) is 2. The van der Waals surface area contributed by atoms with Crippen molar-refractivity contribution in [2.75, 3.05) is 17.1 Å². The van der Waals surface area contributed by atoms with Gasteiger partial charge in [0.05, 0.1) is 7.11 Å². The summed E-state index contributed by atoms with van der Waals surface area (Å²) in [6, 6.07) is 9.38. The normalized spacial score (nSPS) is 13.8. The van der Waals surface area contributed by atoms with Gasteiger partial charge in [0, 0.05) is 22.8 Å². The van der Waals surface area contributed by atoms with Gasteiger partial charge >= 0.3 is 0 Å². The van der Waals surface area contributed by atoms with Gasteiger partial charge in [0.1, 0.15) is 10.6 Å². The third kappa shape index (κ3) is 3.32. The van der Waals surface area contributed by atoms with Gasteiger partial charge in [-0.3, -0.25) is 9.52 Å². The number of anilines is 2. The number of benzene rings is 2. The fourth-order valence-electron chi connectivity index (χ4n) is 2.52. The highest BCUT2D eigenvalue weighted by Crippen LogP contribution is 2.30. The van der Waals surface area contributed by atoms with Crippen LogP contribution in [0, 0.1) is 0 Å². The van der Waals surface area contributed by atoms with E-state index in [2.05, 4.69) is 10.0 Å². The number of fused-ring (bicyclic) bond motifs is 1. The van der Waals surface area contributed by atoms with E-state index in [1.807, 2.05) is 0 Å². The molecule has 0 aromatic heterocycles. The number of ether oxygens (including phenoxy) is 1. The smallest absolute Gasteiger partial charge is 0.265 e. The largest absolute Gasteiger partial charge is 0.495 e. The lowest BCUT2D eigenvalue weighted by Gasteiger charge is -2.18. The number of hydrogen-bond acceptors (Lipinski definition) is 4. The fourth-order valence-corrected chi connectivity index (χ4v) is 4.00. The monoisotopic (exact) mass is 366 g/mol. The Balaban J connectivity index is 1.93. The molecule has 0 radical (unpaired) electrons. The van der Waals surface area contributed by atoms with E-state index in [1.165, 1.54) is 19.2 Å². The summed E-state index contributed by atoms with van der Waals surface area (Å²) in [5, 5.41) is 3.05. The van der Waals surface area contributed by atoms with Crippen molar-refractivity contribution in [2.24, 2.45) is 0 Å². The summed E-state index contributed by atoms with van der Waals surface area (Å²) in [4.78, 5) is 11.3. The fraction of sp³-hybridized carbons (Fsp3) is 0.188. The van der Waals surface area contributed by atoms with Crippen LogP contribution in [0.15, 0.2) is 41.3 Å². The number of methoxy groups -OCH3 is 1. The highest BCUT2D eigenvalue weighted by atomic mass is 35.5. The Hall–Kier alpha value is -2.25. The van der Waals surface area contributed by atoms with E-state index in [1.54, 1.807) is 24.3 Å². The first-order valence-electron chi connectivity index (χ1n) is 7.18. The summed E-state index contributed by atoms with van der Waals surface area (Å²) < 4.78 is 32.9. The predicted octanol–water partition coefficient (Wildman–Crippen LogP) is 3.03. The molecule has 2 aromatic carbocycles. The minimum absolute atomic E-state index is 0.0384. The molecular formula is C16H15ClN2O4S. The Morgan fingerprint density at radius 2 is 1.96 bits per heavy atom. The molecule has 0 atom stereocenters. The molecule has 2 N–H and O–H groups in total. The van der Waals surface area contributed by atoms with Crippen LogP contribution < -0.4 is 14.8 Å². The second-order valence-electron chi connectivity index (χ2n) is 5.32. The highest BCUT2D eigenvalue weighted by molar-refractivity contribution is 7.92. The topological polar surface area (TPSA) is 84.5 Å². The second-order valence-corrected chi connectivity index (χ2v) is 7.41. The molecule has 126 valence electrons. The van der Waals surface area contributed by atoms with E-state index >= 15 is 0 Å². The number of nitrogens with one attached hydrogen (secondary N) is 2. The first kappa shape index (κ1) is 16.6. The van der Waals surface area contributed by atoms with Gasteiger partial charge in [-0.2, -0.15) is 0 Å². The van der Waals surface area contributed by atoms with Gasteiger partial charge in [-0.25, -0.2) is 8.42 Å². The van der Waals surface area contributed by atoms with Crippen LogP contribution >= 0.6 is 11.6 Å². The molecule has 2 aromatic rings. The first-order chi connectivity index (χ1) is 11.4. The summed E-state index contributed by atoms with van der Waals surface area (Å²) >= 11 is 5.90. The van der Waals surface area contributed by atoms with Gasteiger partial charge in [-0.05, 0) is 48.4 Å². The number of rotatable bonds is 4. The van der Waals surface area contributed by atoms with Crippen LogP contribution in [0.3, 0.4) is 0 Å². The molecule has 6 nitrogen and oxygen atoms in total. The van der Waals surface area contributed by atoms with Crippen LogP contribution in [0.5, 0.6) is 5.75 Å². The number of halogens is 1. The first-order valence-corrected chi connectivity index (χ1v) is 9.04. The van der Waals surface area contributed by atoms with Crippen molar-refractivity contribution >= 4 is 38.9 Å². The number of aryl methyl sites for hydroxylation is 1.